The van der Waals surface area contributed by atoms with Crippen LogP contribution in [0.3, 0.4) is 0 Å². The van der Waals surface area contributed by atoms with Crippen LogP contribution in [-0.2, 0) is 0 Å². The zero-order valence-corrected chi connectivity index (χ0v) is 16.0. The van der Waals surface area contributed by atoms with Crippen molar-refractivity contribution in [3.05, 3.63) is 77.6 Å². The largest absolute Gasteiger partial charge is 0.338 e. The van der Waals surface area contributed by atoms with Crippen LogP contribution in [0.25, 0.3) is 11.1 Å². The minimum Gasteiger partial charge on any atom is -0.338 e. The van der Waals surface area contributed by atoms with Crippen molar-refractivity contribution in [3.8, 4) is 11.1 Å². The summed E-state index contributed by atoms with van der Waals surface area (Å²) in [4.78, 5) is 27.4. The van der Waals surface area contributed by atoms with E-state index in [1.807, 2.05) is 19.1 Å². The molecule has 4 rings (SSSR count). The summed E-state index contributed by atoms with van der Waals surface area (Å²) in [6.45, 7) is 2.62. The molecular weight excluding hydrogens is 374 g/mol. The number of rotatable bonds is 3. The van der Waals surface area contributed by atoms with Gasteiger partial charge in [0.05, 0.1) is 5.69 Å². The Kier molecular flexibility index (Phi) is 5.29. The number of piperidine rings is 1. The lowest BCUT2D eigenvalue weighted by atomic mass is 9.89. The smallest absolute Gasteiger partial charge is 0.259 e. The number of hydrogen-bond acceptors (Lipinski definition) is 4. The van der Waals surface area contributed by atoms with Gasteiger partial charge in [0.2, 0.25) is 0 Å². The first-order valence-corrected chi connectivity index (χ1v) is 9.52. The van der Waals surface area contributed by atoms with Crippen LogP contribution in [0.15, 0.2) is 48.9 Å². The van der Waals surface area contributed by atoms with Crippen LogP contribution in [0.2, 0.25) is 0 Å². The van der Waals surface area contributed by atoms with Crippen molar-refractivity contribution in [3.63, 3.8) is 0 Å². The third-order valence-electron chi connectivity index (χ3n) is 5.20. The summed E-state index contributed by atoms with van der Waals surface area (Å²) in [6, 6.07) is 7.24. The summed E-state index contributed by atoms with van der Waals surface area (Å²) < 4.78 is 28.2. The van der Waals surface area contributed by atoms with Crippen molar-refractivity contribution in [2.75, 3.05) is 13.1 Å². The lowest BCUT2D eigenvalue weighted by Gasteiger charge is -2.33. The highest BCUT2D eigenvalue weighted by Gasteiger charge is 2.30. The number of benzene rings is 1. The van der Waals surface area contributed by atoms with E-state index in [-0.39, 0.29) is 5.92 Å². The molecular formula is C22H20F2N4O. The molecule has 1 aliphatic heterocycles. The molecule has 5 nitrogen and oxygen atoms in total. The molecule has 0 spiro atoms. The van der Waals surface area contributed by atoms with E-state index in [9.17, 15) is 13.6 Å². The molecule has 1 amide bonds. The molecule has 0 saturated carbocycles. The SMILES string of the molecule is Cc1ncc(-c2ccncc2)c([C@@H]2CCCN(C(=O)c3c(F)cccc3F)C2)n1. The summed E-state index contributed by atoms with van der Waals surface area (Å²) in [7, 11) is 0. The van der Waals surface area contributed by atoms with Crippen LogP contribution >= 0.6 is 0 Å². The maximum absolute atomic E-state index is 14.1. The van der Waals surface area contributed by atoms with E-state index in [1.165, 1.54) is 11.0 Å². The molecule has 0 bridgehead atoms. The topological polar surface area (TPSA) is 59.0 Å². The molecule has 29 heavy (non-hydrogen) atoms. The highest BCUT2D eigenvalue weighted by atomic mass is 19.1. The van der Waals surface area contributed by atoms with Crippen LogP contribution in [-0.4, -0.2) is 38.8 Å². The number of pyridine rings is 1. The summed E-state index contributed by atoms with van der Waals surface area (Å²) in [5, 5.41) is 0. The molecule has 7 heteroatoms. The van der Waals surface area contributed by atoms with Gasteiger partial charge in [0.25, 0.3) is 5.91 Å². The second kappa shape index (κ2) is 8.03. The Hall–Kier alpha value is -3.22. The Labute approximate surface area is 167 Å². The number of amides is 1. The summed E-state index contributed by atoms with van der Waals surface area (Å²) in [5.74, 6) is -1.71. The summed E-state index contributed by atoms with van der Waals surface area (Å²) in [6.07, 6.45) is 6.75. The molecule has 1 atom stereocenters. The zero-order chi connectivity index (χ0) is 20.4. The minimum absolute atomic E-state index is 0.0487. The second-order valence-corrected chi connectivity index (χ2v) is 7.14. The molecule has 1 fully saturated rings. The van der Waals surface area contributed by atoms with Gasteiger partial charge in [-0.1, -0.05) is 6.07 Å². The molecule has 2 aromatic heterocycles. The number of nitrogens with zero attached hydrogens (tertiary/aromatic N) is 4. The highest BCUT2D eigenvalue weighted by Crippen LogP contribution is 2.33. The molecule has 0 N–H and O–H groups in total. The predicted octanol–water partition coefficient (Wildman–Crippen LogP) is 4.15. The average Bonchev–Trinajstić information content (AvgIpc) is 2.74. The lowest BCUT2D eigenvalue weighted by molar-refractivity contribution is 0.0696. The van der Waals surface area contributed by atoms with Crippen LogP contribution in [0.1, 0.15) is 40.6 Å². The number of likely N-dealkylation sites (tertiary alicyclic amines) is 1. The van der Waals surface area contributed by atoms with E-state index in [0.29, 0.717) is 18.9 Å². The van der Waals surface area contributed by atoms with E-state index in [4.69, 9.17) is 0 Å². The van der Waals surface area contributed by atoms with Crippen molar-refractivity contribution in [2.24, 2.45) is 0 Å². The fourth-order valence-electron chi connectivity index (χ4n) is 3.80. The summed E-state index contributed by atoms with van der Waals surface area (Å²) in [5.41, 5.74) is 2.17. The third-order valence-corrected chi connectivity index (χ3v) is 5.20. The zero-order valence-electron chi connectivity index (χ0n) is 16.0. The van der Waals surface area contributed by atoms with Gasteiger partial charge in [-0.3, -0.25) is 9.78 Å². The number of carbonyl (C=O) groups is 1. The summed E-state index contributed by atoms with van der Waals surface area (Å²) >= 11 is 0. The van der Waals surface area contributed by atoms with Gasteiger partial charge in [0.15, 0.2) is 0 Å². The number of aromatic nitrogens is 3. The van der Waals surface area contributed by atoms with E-state index in [0.717, 1.165) is 41.8 Å². The number of halogens is 2. The average molecular weight is 394 g/mol. The molecule has 148 valence electrons. The molecule has 0 unspecified atom stereocenters. The predicted molar refractivity (Wildman–Crippen MR) is 104 cm³/mol. The fourth-order valence-corrected chi connectivity index (χ4v) is 3.80. The molecule has 1 saturated heterocycles. The van der Waals surface area contributed by atoms with Crippen molar-refractivity contribution < 1.29 is 13.6 Å². The third kappa shape index (κ3) is 3.85. The van der Waals surface area contributed by atoms with Crippen LogP contribution in [0.4, 0.5) is 8.78 Å². The van der Waals surface area contributed by atoms with Gasteiger partial charge in [-0.2, -0.15) is 0 Å². The molecule has 0 aliphatic carbocycles. The van der Waals surface area contributed by atoms with E-state index < -0.39 is 23.1 Å². The Morgan fingerprint density at radius 2 is 1.86 bits per heavy atom. The van der Waals surface area contributed by atoms with Crippen LogP contribution in [0.5, 0.6) is 0 Å². The van der Waals surface area contributed by atoms with Gasteiger partial charge in [-0.25, -0.2) is 18.7 Å². The van der Waals surface area contributed by atoms with Gasteiger partial charge < -0.3 is 4.90 Å². The Balaban J connectivity index is 1.66. The van der Waals surface area contributed by atoms with E-state index >= 15 is 0 Å². The van der Waals surface area contributed by atoms with Crippen LogP contribution in [0, 0.1) is 18.6 Å². The maximum atomic E-state index is 14.1. The van der Waals surface area contributed by atoms with Crippen molar-refractivity contribution in [1.82, 2.24) is 19.9 Å². The molecule has 0 radical (unpaired) electrons. The maximum Gasteiger partial charge on any atom is 0.259 e. The van der Waals surface area contributed by atoms with E-state index in [1.54, 1.807) is 18.6 Å². The lowest BCUT2D eigenvalue weighted by Crippen LogP contribution is -2.40. The Bertz CT molecular complexity index is 1020. The van der Waals surface area contributed by atoms with Crippen LogP contribution < -0.4 is 0 Å². The Morgan fingerprint density at radius 1 is 1.14 bits per heavy atom. The Morgan fingerprint density at radius 3 is 2.59 bits per heavy atom. The minimum atomic E-state index is -0.840. The van der Waals surface area contributed by atoms with Crippen molar-refractivity contribution >= 4 is 5.91 Å². The van der Waals surface area contributed by atoms with Gasteiger partial charge in [0.1, 0.15) is 23.0 Å². The first kappa shape index (κ1) is 19.1. The van der Waals surface area contributed by atoms with Gasteiger partial charge in [-0.15, -0.1) is 0 Å². The second-order valence-electron chi connectivity index (χ2n) is 7.14. The first-order valence-electron chi connectivity index (χ1n) is 9.52. The molecule has 1 aliphatic rings. The standard InChI is InChI=1S/C22H20F2N4O/c1-14-26-12-17(15-7-9-25-10-8-15)21(27-14)16-4-3-11-28(13-16)22(29)20-18(23)5-2-6-19(20)24/h2,5-10,12,16H,3-4,11,13H2,1H3/t16-/m1/s1. The van der Waals surface area contributed by atoms with Gasteiger partial charge >= 0.3 is 0 Å². The van der Waals surface area contributed by atoms with Crippen molar-refractivity contribution in [2.45, 2.75) is 25.7 Å². The van der Waals surface area contributed by atoms with Gasteiger partial charge in [-0.05, 0) is 49.6 Å². The number of aryl methyl sites for hydroxylation is 1. The van der Waals surface area contributed by atoms with Gasteiger partial charge in [0, 0.05) is 43.2 Å². The normalized spacial score (nSPS) is 16.7. The molecule has 3 aromatic rings. The first-order chi connectivity index (χ1) is 14.0. The monoisotopic (exact) mass is 394 g/mol. The number of hydrogen-bond donors (Lipinski definition) is 0. The van der Waals surface area contributed by atoms with E-state index in [2.05, 4.69) is 15.0 Å². The fraction of sp³-hybridized carbons (Fsp3) is 0.273. The highest BCUT2D eigenvalue weighted by molar-refractivity contribution is 5.95. The number of carbonyl (C=O) groups excluding carboxylic acids is 1. The molecule has 1 aromatic carbocycles. The quantitative estimate of drug-likeness (QED) is 0.670. The molecule has 3 heterocycles. The van der Waals surface area contributed by atoms with Crippen molar-refractivity contribution in [1.29, 1.82) is 0 Å².